The summed E-state index contributed by atoms with van der Waals surface area (Å²) in [5.41, 5.74) is -3.46. The van der Waals surface area contributed by atoms with Gasteiger partial charge in [-0.25, -0.2) is 4.79 Å². The molecule has 0 spiro atoms. The Morgan fingerprint density at radius 1 is 1.07 bits per heavy atom. The number of carbonyl (C=O) groups excluding carboxylic acids is 3. The first-order chi connectivity index (χ1) is 19.3. The zero-order chi connectivity index (χ0) is 30.2. The molecule has 7 atom stereocenters. The van der Waals surface area contributed by atoms with Crippen molar-refractivity contribution in [3.63, 3.8) is 0 Å². The van der Waals surface area contributed by atoms with Gasteiger partial charge in [0.05, 0.1) is 5.60 Å². The molecule has 4 rings (SSSR count). The number of allylic oxidation sites excluding steroid dienone is 1. The van der Waals surface area contributed by atoms with Gasteiger partial charge in [-0.05, 0) is 43.3 Å². The lowest BCUT2D eigenvalue weighted by Crippen LogP contribution is -2.61. The van der Waals surface area contributed by atoms with Crippen LogP contribution in [0.5, 0.6) is 0 Å². The molecule has 0 unspecified atom stereocenters. The van der Waals surface area contributed by atoms with Crippen LogP contribution in [-0.2, 0) is 23.9 Å². The van der Waals surface area contributed by atoms with Crippen molar-refractivity contribution in [2.24, 2.45) is 29.1 Å². The Hall–Kier alpha value is -2.25. The molecule has 0 aromatic carbocycles. The second kappa shape index (κ2) is 11.8. The molecule has 2 N–H and O–H groups in total. The molecule has 4 aliphatic rings. The summed E-state index contributed by atoms with van der Waals surface area (Å²) >= 11 is 0. The van der Waals surface area contributed by atoms with E-state index in [4.69, 9.17) is 9.47 Å². The summed E-state index contributed by atoms with van der Waals surface area (Å²) in [5, 5.41) is 24.3. The third-order valence-corrected chi connectivity index (χ3v) is 10.6. The van der Waals surface area contributed by atoms with Crippen LogP contribution >= 0.6 is 0 Å². The van der Waals surface area contributed by atoms with Crippen molar-refractivity contribution < 1.29 is 34.1 Å². The van der Waals surface area contributed by atoms with Crippen LogP contribution in [-0.4, -0.2) is 51.3 Å². The van der Waals surface area contributed by atoms with E-state index in [-0.39, 0.29) is 30.8 Å². The number of fused-ring (bicyclic) bond motifs is 5. The molecule has 0 radical (unpaired) electrons. The van der Waals surface area contributed by atoms with Crippen molar-refractivity contribution in [3.8, 4) is 0 Å². The zero-order valence-corrected chi connectivity index (χ0v) is 25.8. The van der Waals surface area contributed by atoms with Crippen molar-refractivity contribution in [2.45, 2.75) is 123 Å². The number of Topliss-reactive ketones (excluding diaryl/α,β-unsaturated/α-hetero) is 1. The second-order valence-electron chi connectivity index (χ2n) is 13.7. The lowest BCUT2D eigenvalue weighted by molar-refractivity contribution is -0.185. The summed E-state index contributed by atoms with van der Waals surface area (Å²) in [6.07, 6.45) is 16.8. The summed E-state index contributed by atoms with van der Waals surface area (Å²) in [5.74, 6) is -3.17. The molecule has 0 aromatic heterocycles. The number of ketones is 1. The molecule has 0 aromatic rings. The largest absolute Gasteiger partial charge is 0.461 e. The molecule has 41 heavy (non-hydrogen) atoms. The van der Waals surface area contributed by atoms with E-state index < -0.39 is 45.8 Å². The van der Waals surface area contributed by atoms with Gasteiger partial charge in [0.2, 0.25) is 0 Å². The third kappa shape index (κ3) is 5.49. The highest BCUT2D eigenvalue weighted by Crippen LogP contribution is 2.76. The van der Waals surface area contributed by atoms with E-state index in [2.05, 4.69) is 20.8 Å². The number of rotatable bonds is 12. The quantitative estimate of drug-likeness (QED) is 0.132. The smallest absolute Gasteiger partial charge is 0.331 e. The fourth-order valence-electron chi connectivity index (χ4n) is 8.39. The summed E-state index contributed by atoms with van der Waals surface area (Å²) in [4.78, 5) is 37.9. The average molecular weight is 571 g/mol. The minimum atomic E-state index is -1.82. The number of hydrogen-bond donors (Lipinski definition) is 2. The number of unbranched alkanes of at least 4 members (excludes halogenated alkanes) is 7. The summed E-state index contributed by atoms with van der Waals surface area (Å²) in [6.45, 7) is 11.2. The van der Waals surface area contributed by atoms with E-state index in [1.807, 2.05) is 19.1 Å². The summed E-state index contributed by atoms with van der Waals surface area (Å²) < 4.78 is 11.6. The molecule has 0 bridgehead atoms. The van der Waals surface area contributed by atoms with Crippen LogP contribution in [0.1, 0.15) is 106 Å². The third-order valence-electron chi connectivity index (χ3n) is 10.6. The lowest BCUT2D eigenvalue weighted by Gasteiger charge is -2.50. The van der Waals surface area contributed by atoms with Crippen LogP contribution in [0.4, 0.5) is 0 Å². The Kier molecular flexibility index (Phi) is 9.11. The van der Waals surface area contributed by atoms with Crippen molar-refractivity contribution in [2.75, 3.05) is 6.61 Å². The monoisotopic (exact) mass is 570 g/mol. The number of esters is 2. The van der Waals surface area contributed by atoms with Crippen LogP contribution in [0.2, 0.25) is 0 Å². The van der Waals surface area contributed by atoms with Gasteiger partial charge in [0, 0.05) is 42.6 Å². The van der Waals surface area contributed by atoms with Gasteiger partial charge in [-0.1, -0.05) is 84.4 Å². The van der Waals surface area contributed by atoms with E-state index in [9.17, 15) is 24.6 Å². The number of hydrogen-bond acceptors (Lipinski definition) is 7. The van der Waals surface area contributed by atoms with Gasteiger partial charge in [0.15, 0.2) is 5.78 Å². The molecule has 0 aliphatic heterocycles. The normalized spacial score (nSPS) is 36.9. The molecule has 7 heteroatoms. The van der Waals surface area contributed by atoms with Crippen LogP contribution in [0.25, 0.3) is 0 Å². The van der Waals surface area contributed by atoms with Crippen molar-refractivity contribution in [3.05, 3.63) is 35.5 Å². The maximum Gasteiger partial charge on any atom is 0.331 e. The zero-order valence-electron chi connectivity index (χ0n) is 25.8. The first kappa shape index (κ1) is 31.7. The molecular weight excluding hydrogens is 520 g/mol. The predicted molar refractivity (Wildman–Crippen MR) is 157 cm³/mol. The molecule has 228 valence electrons. The minimum Gasteiger partial charge on any atom is -0.461 e. The van der Waals surface area contributed by atoms with Crippen LogP contribution in [0.15, 0.2) is 35.5 Å². The highest BCUT2D eigenvalue weighted by Gasteiger charge is 2.83. The van der Waals surface area contributed by atoms with Gasteiger partial charge < -0.3 is 19.7 Å². The van der Waals surface area contributed by atoms with Crippen molar-refractivity contribution >= 4 is 17.7 Å². The van der Waals surface area contributed by atoms with E-state index in [0.29, 0.717) is 17.6 Å². The number of ether oxygens (including phenoxy) is 2. The lowest BCUT2D eigenvalue weighted by atomic mass is 9.60. The minimum absolute atomic E-state index is 0.0234. The Morgan fingerprint density at radius 2 is 1.73 bits per heavy atom. The first-order valence-corrected chi connectivity index (χ1v) is 15.7. The van der Waals surface area contributed by atoms with Gasteiger partial charge in [0.1, 0.15) is 17.8 Å². The van der Waals surface area contributed by atoms with Gasteiger partial charge >= 0.3 is 11.9 Å². The Bertz CT molecular complexity index is 1130. The molecule has 0 saturated heterocycles. The number of aliphatic hydroxyl groups is 2. The van der Waals surface area contributed by atoms with Crippen molar-refractivity contribution in [1.29, 1.82) is 0 Å². The topological polar surface area (TPSA) is 110 Å². The van der Waals surface area contributed by atoms with Gasteiger partial charge in [0.25, 0.3) is 0 Å². The van der Waals surface area contributed by atoms with Crippen LogP contribution in [0.3, 0.4) is 0 Å². The van der Waals surface area contributed by atoms with E-state index in [1.165, 1.54) is 45.1 Å². The number of carbonyl (C=O) groups is 3. The molecule has 0 amide bonds. The Morgan fingerprint density at radius 3 is 2.39 bits per heavy atom. The predicted octanol–water partition coefficient (Wildman–Crippen LogP) is 5.78. The van der Waals surface area contributed by atoms with Crippen LogP contribution in [0, 0.1) is 29.1 Å². The van der Waals surface area contributed by atoms with E-state index >= 15 is 0 Å². The molecule has 4 aliphatic carbocycles. The molecule has 2 fully saturated rings. The Labute approximate surface area is 245 Å². The average Bonchev–Trinajstić information content (AvgIpc) is 3.30. The van der Waals surface area contributed by atoms with E-state index in [0.717, 1.165) is 19.3 Å². The fraction of sp³-hybridized carbons (Fsp3) is 0.735. The molecule has 0 heterocycles. The molecule has 2 saturated carbocycles. The fourth-order valence-corrected chi connectivity index (χ4v) is 8.39. The maximum absolute atomic E-state index is 13.2. The van der Waals surface area contributed by atoms with E-state index in [1.54, 1.807) is 13.0 Å². The van der Waals surface area contributed by atoms with Crippen LogP contribution < -0.4 is 0 Å². The van der Waals surface area contributed by atoms with Gasteiger partial charge in [-0.15, -0.1) is 0 Å². The molecular formula is C34H50O7. The first-order valence-electron chi connectivity index (χ1n) is 15.7. The maximum atomic E-state index is 13.2. The summed E-state index contributed by atoms with van der Waals surface area (Å²) in [7, 11) is 0. The Balaban J connectivity index is 1.54. The highest BCUT2D eigenvalue weighted by atomic mass is 16.6. The SMILES string of the molecule is CCCCCCCCC/C=C/C(=O)O[C@@]12C[C@@H](C)[C@@]3(O)[C@@H](C=C(COC(C)=O)C[C@]4(O)C(=O)C(C)=C[C@@H]34)[C@@H]1C2(C)C. The summed E-state index contributed by atoms with van der Waals surface area (Å²) in [6, 6.07) is 0. The van der Waals surface area contributed by atoms with Gasteiger partial charge in [-0.2, -0.15) is 0 Å². The van der Waals surface area contributed by atoms with Crippen molar-refractivity contribution in [1.82, 2.24) is 0 Å². The van der Waals surface area contributed by atoms with Gasteiger partial charge in [-0.3, -0.25) is 9.59 Å². The highest BCUT2D eigenvalue weighted by molar-refractivity contribution is 6.04. The molecule has 7 nitrogen and oxygen atoms in total. The second-order valence-corrected chi connectivity index (χ2v) is 13.7. The standard InChI is InChI=1S/C34H50O7/c1-7-8-9-10-11-12-13-14-15-16-28(36)41-33-19-23(3)34(39)26(29(33)31(33,5)6)18-25(21-40-24(4)35)20-32(38)27(34)17-22(2)30(32)37/h15-18,23,26-27,29,38-39H,7-14,19-21H2,1-6H3/b16-15+/t23-,26+,27-,29-,32-,33+,34-/m1/s1.